The maximum absolute atomic E-state index is 13.8. The summed E-state index contributed by atoms with van der Waals surface area (Å²) in [6.07, 6.45) is 0. The number of nitrogens with one attached hydrogen (secondary N) is 1. The molecule has 0 saturated carbocycles. The SMILES string of the molecule is CC(C)NC(=O)[C@H](C)N(Cc1ccc(F)cc1)C(=O)CN(c1ccc(C(C)C)cc1)S(=O)(=O)c1ccccc1. The van der Waals surface area contributed by atoms with E-state index >= 15 is 0 Å². The molecule has 0 fully saturated rings. The van der Waals surface area contributed by atoms with Crippen molar-refractivity contribution < 1.29 is 22.4 Å². The van der Waals surface area contributed by atoms with E-state index in [-0.39, 0.29) is 29.3 Å². The molecule has 0 radical (unpaired) electrons. The molecule has 39 heavy (non-hydrogen) atoms. The Hall–Kier alpha value is -3.72. The molecule has 3 aromatic carbocycles. The van der Waals surface area contributed by atoms with Crippen LogP contribution in [0.25, 0.3) is 0 Å². The largest absolute Gasteiger partial charge is 0.352 e. The Morgan fingerprint density at radius 3 is 1.97 bits per heavy atom. The van der Waals surface area contributed by atoms with Crippen LogP contribution >= 0.6 is 0 Å². The van der Waals surface area contributed by atoms with Gasteiger partial charge in [-0.1, -0.05) is 56.3 Å². The zero-order chi connectivity index (χ0) is 28.7. The van der Waals surface area contributed by atoms with Crippen LogP contribution in [0.5, 0.6) is 0 Å². The fourth-order valence-electron chi connectivity index (χ4n) is 4.05. The summed E-state index contributed by atoms with van der Waals surface area (Å²) in [5, 5.41) is 2.81. The van der Waals surface area contributed by atoms with Gasteiger partial charge in [-0.3, -0.25) is 13.9 Å². The molecule has 9 heteroatoms. The summed E-state index contributed by atoms with van der Waals surface area (Å²) in [5.41, 5.74) is 1.96. The average Bonchev–Trinajstić information content (AvgIpc) is 2.91. The van der Waals surface area contributed by atoms with Crippen molar-refractivity contribution in [3.8, 4) is 0 Å². The standard InChI is InChI=1S/C30H36FN3O4S/c1-21(2)25-13-17-27(18-14-25)34(39(37,38)28-9-7-6-8-10-28)20-29(35)33(23(5)30(36)32-22(3)4)19-24-11-15-26(31)16-12-24/h6-18,21-23H,19-20H2,1-5H3,(H,32,36)/t23-/m0/s1. The monoisotopic (exact) mass is 553 g/mol. The van der Waals surface area contributed by atoms with Crippen molar-refractivity contribution in [2.24, 2.45) is 0 Å². The molecule has 0 aliphatic heterocycles. The van der Waals surface area contributed by atoms with E-state index in [0.717, 1.165) is 9.87 Å². The molecular formula is C30H36FN3O4S. The number of benzene rings is 3. The van der Waals surface area contributed by atoms with Crippen LogP contribution < -0.4 is 9.62 Å². The van der Waals surface area contributed by atoms with E-state index in [1.165, 1.54) is 41.3 Å². The number of carbonyl (C=O) groups is 2. The van der Waals surface area contributed by atoms with Crippen molar-refractivity contribution in [3.05, 3.63) is 95.8 Å². The van der Waals surface area contributed by atoms with Gasteiger partial charge < -0.3 is 10.2 Å². The van der Waals surface area contributed by atoms with Gasteiger partial charge >= 0.3 is 0 Å². The summed E-state index contributed by atoms with van der Waals surface area (Å²) < 4.78 is 42.2. The second-order valence-corrected chi connectivity index (χ2v) is 11.9. The normalized spacial score (nSPS) is 12.3. The molecule has 208 valence electrons. The summed E-state index contributed by atoms with van der Waals surface area (Å²) in [6, 6.07) is 19.5. The van der Waals surface area contributed by atoms with E-state index < -0.39 is 34.3 Å². The highest BCUT2D eigenvalue weighted by molar-refractivity contribution is 7.92. The number of nitrogens with zero attached hydrogens (tertiary/aromatic N) is 2. The van der Waals surface area contributed by atoms with Gasteiger partial charge in [0.1, 0.15) is 18.4 Å². The minimum atomic E-state index is -4.12. The quantitative estimate of drug-likeness (QED) is 0.359. The number of hydrogen-bond acceptors (Lipinski definition) is 4. The van der Waals surface area contributed by atoms with Gasteiger partial charge in [-0.2, -0.15) is 0 Å². The van der Waals surface area contributed by atoms with Gasteiger partial charge in [0.25, 0.3) is 10.0 Å². The lowest BCUT2D eigenvalue weighted by molar-refractivity contribution is -0.139. The maximum Gasteiger partial charge on any atom is 0.264 e. The van der Waals surface area contributed by atoms with E-state index in [9.17, 15) is 22.4 Å². The highest BCUT2D eigenvalue weighted by atomic mass is 32.2. The van der Waals surface area contributed by atoms with Gasteiger partial charge in [0.15, 0.2) is 0 Å². The third-order valence-corrected chi connectivity index (χ3v) is 8.11. The third-order valence-electron chi connectivity index (χ3n) is 6.32. The fraction of sp³-hybridized carbons (Fsp3) is 0.333. The molecule has 3 aromatic rings. The molecule has 0 unspecified atom stereocenters. The lowest BCUT2D eigenvalue weighted by Crippen LogP contribution is -2.52. The lowest BCUT2D eigenvalue weighted by Gasteiger charge is -2.32. The summed E-state index contributed by atoms with van der Waals surface area (Å²) in [6.45, 7) is 8.75. The van der Waals surface area contributed by atoms with Gasteiger partial charge in [0.2, 0.25) is 11.8 Å². The van der Waals surface area contributed by atoms with Crippen LogP contribution in [0.4, 0.5) is 10.1 Å². The Labute approximate surface area is 230 Å². The first kappa shape index (κ1) is 29.8. The predicted octanol–water partition coefficient (Wildman–Crippen LogP) is 5.09. The Kier molecular flexibility index (Phi) is 9.86. The van der Waals surface area contributed by atoms with E-state index in [4.69, 9.17) is 0 Å². The fourth-order valence-corrected chi connectivity index (χ4v) is 5.48. The van der Waals surface area contributed by atoms with Crippen LogP contribution in [-0.2, 0) is 26.2 Å². The molecule has 1 N–H and O–H groups in total. The number of hydrogen-bond donors (Lipinski definition) is 1. The molecule has 0 aliphatic rings. The van der Waals surface area contributed by atoms with E-state index in [0.29, 0.717) is 11.3 Å². The first-order valence-corrected chi connectivity index (χ1v) is 14.4. The second kappa shape index (κ2) is 12.9. The molecule has 3 rings (SSSR count). The van der Waals surface area contributed by atoms with Crippen molar-refractivity contribution >= 4 is 27.5 Å². The van der Waals surface area contributed by atoms with E-state index in [2.05, 4.69) is 5.32 Å². The number of anilines is 1. The predicted molar refractivity (Wildman–Crippen MR) is 151 cm³/mol. The molecule has 0 bridgehead atoms. The molecule has 0 aliphatic carbocycles. The first-order chi connectivity index (χ1) is 18.4. The Morgan fingerprint density at radius 1 is 0.846 bits per heavy atom. The molecular weight excluding hydrogens is 517 g/mol. The van der Waals surface area contributed by atoms with Gasteiger partial charge in [-0.05, 0) is 74.2 Å². The average molecular weight is 554 g/mol. The van der Waals surface area contributed by atoms with Crippen molar-refractivity contribution in [2.75, 3.05) is 10.8 Å². The van der Waals surface area contributed by atoms with Crippen molar-refractivity contribution in [2.45, 2.75) is 64.1 Å². The van der Waals surface area contributed by atoms with Gasteiger partial charge in [-0.25, -0.2) is 12.8 Å². The molecule has 1 atom stereocenters. The minimum absolute atomic E-state index is 0.00267. The topological polar surface area (TPSA) is 86.8 Å². The minimum Gasteiger partial charge on any atom is -0.352 e. The summed E-state index contributed by atoms with van der Waals surface area (Å²) in [4.78, 5) is 28.1. The first-order valence-electron chi connectivity index (χ1n) is 12.9. The van der Waals surface area contributed by atoms with Gasteiger partial charge in [0.05, 0.1) is 10.6 Å². The highest BCUT2D eigenvalue weighted by Crippen LogP contribution is 2.26. The summed E-state index contributed by atoms with van der Waals surface area (Å²) >= 11 is 0. The van der Waals surface area contributed by atoms with Crippen molar-refractivity contribution in [1.82, 2.24) is 10.2 Å². The van der Waals surface area contributed by atoms with Crippen LogP contribution in [0.1, 0.15) is 51.7 Å². The molecule has 7 nitrogen and oxygen atoms in total. The van der Waals surface area contributed by atoms with Crippen molar-refractivity contribution in [3.63, 3.8) is 0 Å². The zero-order valence-corrected chi connectivity index (χ0v) is 23.8. The number of rotatable bonds is 11. The number of amides is 2. The van der Waals surface area contributed by atoms with Crippen LogP contribution in [0, 0.1) is 5.82 Å². The molecule has 0 aromatic heterocycles. The smallest absolute Gasteiger partial charge is 0.264 e. The van der Waals surface area contributed by atoms with Crippen LogP contribution in [0.15, 0.2) is 83.8 Å². The molecule has 0 saturated heterocycles. The van der Waals surface area contributed by atoms with Crippen LogP contribution in [0.2, 0.25) is 0 Å². The third kappa shape index (κ3) is 7.66. The second-order valence-electron chi connectivity index (χ2n) is 10.1. The summed E-state index contributed by atoms with van der Waals surface area (Å²) in [5.74, 6) is -1.13. The summed E-state index contributed by atoms with van der Waals surface area (Å²) in [7, 11) is -4.12. The van der Waals surface area contributed by atoms with Crippen molar-refractivity contribution in [1.29, 1.82) is 0 Å². The lowest BCUT2D eigenvalue weighted by atomic mass is 10.0. The van der Waals surface area contributed by atoms with Crippen LogP contribution in [0.3, 0.4) is 0 Å². The molecule has 0 heterocycles. The van der Waals surface area contributed by atoms with E-state index in [1.807, 2.05) is 39.8 Å². The zero-order valence-electron chi connectivity index (χ0n) is 23.0. The van der Waals surface area contributed by atoms with Gasteiger partial charge in [-0.15, -0.1) is 0 Å². The highest BCUT2D eigenvalue weighted by Gasteiger charge is 2.32. The maximum atomic E-state index is 13.8. The number of carbonyl (C=O) groups excluding carboxylic acids is 2. The molecule has 0 spiro atoms. The Balaban J connectivity index is 2.02. The Morgan fingerprint density at radius 2 is 1.44 bits per heavy atom. The van der Waals surface area contributed by atoms with Crippen LogP contribution in [-0.4, -0.2) is 43.8 Å². The molecule has 2 amide bonds. The Bertz CT molecular complexity index is 1360. The number of halogens is 1. The number of sulfonamides is 1. The van der Waals surface area contributed by atoms with Gasteiger partial charge in [0, 0.05) is 12.6 Å². The van der Waals surface area contributed by atoms with E-state index in [1.54, 1.807) is 37.3 Å².